The van der Waals surface area contributed by atoms with Gasteiger partial charge in [-0.15, -0.1) is 0 Å². The van der Waals surface area contributed by atoms with E-state index in [0.717, 1.165) is 18.4 Å². The maximum atomic E-state index is 12.4. The molecule has 1 N–H and O–H groups in total. The summed E-state index contributed by atoms with van der Waals surface area (Å²) in [6.07, 6.45) is 2.18. The number of aliphatic carboxylic acids is 1. The van der Waals surface area contributed by atoms with Crippen LogP contribution in [0.1, 0.15) is 24.8 Å². The second kappa shape index (κ2) is 7.11. The lowest BCUT2D eigenvalue weighted by molar-refractivity contribution is -0.140. The molecule has 5 nitrogen and oxygen atoms in total. The van der Waals surface area contributed by atoms with Crippen molar-refractivity contribution in [3.05, 3.63) is 29.8 Å². The number of carboxylic acid groups (broad SMARTS) is 1. The first-order chi connectivity index (χ1) is 10.1. The van der Waals surface area contributed by atoms with Crippen molar-refractivity contribution >= 4 is 11.9 Å². The summed E-state index contributed by atoms with van der Waals surface area (Å²) in [5, 5.41) is 8.87. The van der Waals surface area contributed by atoms with Crippen LogP contribution in [0, 0.1) is 5.92 Å². The van der Waals surface area contributed by atoms with Crippen LogP contribution >= 0.6 is 0 Å². The van der Waals surface area contributed by atoms with Gasteiger partial charge in [0.2, 0.25) is 5.91 Å². The van der Waals surface area contributed by atoms with Crippen molar-refractivity contribution < 1.29 is 19.4 Å². The van der Waals surface area contributed by atoms with E-state index < -0.39 is 5.97 Å². The van der Waals surface area contributed by atoms with E-state index in [1.54, 1.807) is 12.0 Å². The van der Waals surface area contributed by atoms with E-state index in [9.17, 15) is 9.59 Å². The number of carboxylic acids is 1. The number of para-hydroxylation sites is 1. The summed E-state index contributed by atoms with van der Waals surface area (Å²) in [7, 11) is 1.59. The third kappa shape index (κ3) is 4.21. The van der Waals surface area contributed by atoms with Gasteiger partial charge in [0.1, 0.15) is 5.75 Å². The Balaban J connectivity index is 1.98. The zero-order valence-corrected chi connectivity index (χ0v) is 12.2. The monoisotopic (exact) mass is 291 g/mol. The van der Waals surface area contributed by atoms with Crippen molar-refractivity contribution in [2.24, 2.45) is 5.92 Å². The fourth-order valence-electron chi connectivity index (χ4n) is 2.83. The van der Waals surface area contributed by atoms with Gasteiger partial charge in [0.25, 0.3) is 0 Å². The molecule has 1 aromatic carbocycles. The maximum absolute atomic E-state index is 12.4. The molecule has 1 fully saturated rings. The quantitative estimate of drug-likeness (QED) is 0.900. The predicted octanol–water partition coefficient (Wildman–Crippen LogP) is 1.95. The van der Waals surface area contributed by atoms with Gasteiger partial charge >= 0.3 is 5.97 Å². The molecule has 1 atom stereocenters. The van der Waals surface area contributed by atoms with E-state index in [4.69, 9.17) is 9.84 Å². The highest BCUT2D eigenvalue weighted by molar-refractivity contribution is 5.79. The minimum Gasteiger partial charge on any atom is -0.496 e. The van der Waals surface area contributed by atoms with Gasteiger partial charge in [0.15, 0.2) is 0 Å². The molecular weight excluding hydrogens is 270 g/mol. The topological polar surface area (TPSA) is 66.8 Å². The van der Waals surface area contributed by atoms with E-state index in [-0.39, 0.29) is 18.2 Å². The Morgan fingerprint density at radius 1 is 1.38 bits per heavy atom. The summed E-state index contributed by atoms with van der Waals surface area (Å²) in [4.78, 5) is 25.0. The minimum absolute atomic E-state index is 0.0367. The number of hydrogen-bond acceptors (Lipinski definition) is 3. The molecule has 0 spiro atoms. The molecule has 1 aliphatic rings. The molecule has 21 heavy (non-hydrogen) atoms. The first kappa shape index (κ1) is 15.4. The molecule has 1 heterocycles. The van der Waals surface area contributed by atoms with Gasteiger partial charge < -0.3 is 14.7 Å². The Morgan fingerprint density at radius 2 is 2.14 bits per heavy atom. The molecule has 5 heteroatoms. The smallest absolute Gasteiger partial charge is 0.303 e. The van der Waals surface area contributed by atoms with Crippen molar-refractivity contribution in [2.75, 3.05) is 20.2 Å². The third-order valence-electron chi connectivity index (χ3n) is 3.87. The molecule has 1 saturated heterocycles. The number of piperidine rings is 1. The van der Waals surface area contributed by atoms with E-state index in [2.05, 4.69) is 0 Å². The fourth-order valence-corrected chi connectivity index (χ4v) is 2.83. The highest BCUT2D eigenvalue weighted by Gasteiger charge is 2.25. The molecule has 1 unspecified atom stereocenters. The van der Waals surface area contributed by atoms with Crippen molar-refractivity contribution in [1.29, 1.82) is 0 Å². The third-order valence-corrected chi connectivity index (χ3v) is 3.87. The first-order valence-electron chi connectivity index (χ1n) is 7.21. The number of amides is 1. The second-order valence-electron chi connectivity index (χ2n) is 5.43. The molecule has 0 saturated carbocycles. The molecule has 2 rings (SSSR count). The molecule has 1 aliphatic heterocycles. The number of ether oxygens (including phenoxy) is 1. The van der Waals surface area contributed by atoms with Gasteiger partial charge in [-0.1, -0.05) is 18.2 Å². The number of rotatable bonds is 5. The van der Waals surface area contributed by atoms with Crippen molar-refractivity contribution in [2.45, 2.75) is 25.7 Å². The van der Waals surface area contributed by atoms with Crippen LogP contribution in [0.5, 0.6) is 5.75 Å². The zero-order valence-electron chi connectivity index (χ0n) is 12.2. The van der Waals surface area contributed by atoms with Crippen LogP contribution in [-0.4, -0.2) is 42.1 Å². The Labute approximate surface area is 124 Å². The molecule has 0 aliphatic carbocycles. The number of carbonyl (C=O) groups excluding carboxylic acids is 1. The summed E-state index contributed by atoms with van der Waals surface area (Å²) in [6, 6.07) is 7.48. The lowest BCUT2D eigenvalue weighted by atomic mass is 9.94. The van der Waals surface area contributed by atoms with Crippen molar-refractivity contribution in [1.82, 2.24) is 4.90 Å². The van der Waals surface area contributed by atoms with Gasteiger partial charge in [-0.2, -0.15) is 0 Å². The van der Waals surface area contributed by atoms with Gasteiger partial charge in [-0.25, -0.2) is 0 Å². The Bertz CT molecular complexity index is 515. The molecule has 1 aromatic rings. The Kier molecular flexibility index (Phi) is 5.20. The van der Waals surface area contributed by atoms with Gasteiger partial charge in [0, 0.05) is 25.1 Å². The first-order valence-corrected chi connectivity index (χ1v) is 7.21. The Morgan fingerprint density at radius 3 is 2.86 bits per heavy atom. The van der Waals surface area contributed by atoms with Gasteiger partial charge in [0.05, 0.1) is 13.5 Å². The average Bonchev–Trinajstić information content (AvgIpc) is 2.47. The number of methoxy groups -OCH3 is 1. The van der Waals surface area contributed by atoms with Crippen LogP contribution in [0.2, 0.25) is 0 Å². The SMILES string of the molecule is COc1ccccc1CC(=O)N1CCCC(CC(=O)O)C1. The lowest BCUT2D eigenvalue weighted by Crippen LogP contribution is -2.41. The van der Waals surface area contributed by atoms with Crippen LogP contribution in [0.15, 0.2) is 24.3 Å². The normalized spacial score (nSPS) is 18.3. The molecule has 0 radical (unpaired) electrons. The molecule has 114 valence electrons. The highest BCUT2D eigenvalue weighted by atomic mass is 16.5. The summed E-state index contributed by atoms with van der Waals surface area (Å²) in [5.41, 5.74) is 0.866. The molecule has 0 bridgehead atoms. The largest absolute Gasteiger partial charge is 0.496 e. The van der Waals surface area contributed by atoms with Crippen LogP contribution in [-0.2, 0) is 16.0 Å². The van der Waals surface area contributed by atoms with Gasteiger partial charge in [-0.3, -0.25) is 9.59 Å². The second-order valence-corrected chi connectivity index (χ2v) is 5.43. The van der Waals surface area contributed by atoms with Crippen molar-refractivity contribution in [3.8, 4) is 5.75 Å². The molecule has 1 amide bonds. The summed E-state index contributed by atoms with van der Waals surface area (Å²) in [5.74, 6) is 0.0245. The minimum atomic E-state index is -0.793. The van der Waals surface area contributed by atoms with Crippen LogP contribution < -0.4 is 4.74 Å². The molecule has 0 aromatic heterocycles. The standard InChI is InChI=1S/C16H21NO4/c1-21-14-7-3-2-6-13(14)10-15(18)17-8-4-5-12(11-17)9-16(19)20/h2-3,6-7,12H,4-5,8-11H2,1H3,(H,19,20). The van der Waals surface area contributed by atoms with Crippen LogP contribution in [0.3, 0.4) is 0 Å². The van der Waals surface area contributed by atoms with E-state index in [0.29, 0.717) is 25.3 Å². The average molecular weight is 291 g/mol. The van der Waals surface area contributed by atoms with E-state index >= 15 is 0 Å². The van der Waals surface area contributed by atoms with E-state index in [1.165, 1.54) is 0 Å². The number of likely N-dealkylation sites (tertiary alicyclic amines) is 1. The van der Waals surface area contributed by atoms with Crippen LogP contribution in [0.4, 0.5) is 0 Å². The summed E-state index contributed by atoms with van der Waals surface area (Å²) in [6.45, 7) is 1.25. The number of carbonyl (C=O) groups is 2. The van der Waals surface area contributed by atoms with Gasteiger partial charge in [-0.05, 0) is 24.8 Å². The number of benzene rings is 1. The molecular formula is C16H21NO4. The number of hydrogen-bond donors (Lipinski definition) is 1. The Hall–Kier alpha value is -2.04. The van der Waals surface area contributed by atoms with Crippen LogP contribution in [0.25, 0.3) is 0 Å². The highest BCUT2D eigenvalue weighted by Crippen LogP contribution is 2.22. The van der Waals surface area contributed by atoms with Crippen molar-refractivity contribution in [3.63, 3.8) is 0 Å². The summed E-state index contributed by atoms with van der Waals surface area (Å²) >= 11 is 0. The zero-order chi connectivity index (χ0) is 15.2. The summed E-state index contributed by atoms with van der Waals surface area (Å²) < 4.78 is 5.26. The fraction of sp³-hybridized carbons (Fsp3) is 0.500. The lowest BCUT2D eigenvalue weighted by Gasteiger charge is -2.32. The maximum Gasteiger partial charge on any atom is 0.303 e. The number of nitrogens with zero attached hydrogens (tertiary/aromatic N) is 1. The van der Waals surface area contributed by atoms with E-state index in [1.807, 2.05) is 24.3 Å². The predicted molar refractivity (Wildman–Crippen MR) is 78.3 cm³/mol.